The van der Waals surface area contributed by atoms with E-state index in [-0.39, 0.29) is 23.3 Å². The van der Waals surface area contributed by atoms with Crippen LogP contribution in [0.1, 0.15) is 71.4 Å². The number of hydrogen-bond donors (Lipinski definition) is 0. The summed E-state index contributed by atoms with van der Waals surface area (Å²) in [5.74, 6) is 3.60. The summed E-state index contributed by atoms with van der Waals surface area (Å²) in [6, 6.07) is 31.4. The first kappa shape index (κ1) is 36.0. The van der Waals surface area contributed by atoms with Crippen LogP contribution >= 0.6 is 0 Å². The van der Waals surface area contributed by atoms with Gasteiger partial charge in [0.15, 0.2) is 11.6 Å². The lowest BCUT2D eigenvalue weighted by molar-refractivity contribution is 0.326. The highest BCUT2D eigenvalue weighted by Gasteiger charge is 2.49. The highest BCUT2D eigenvalue weighted by Crippen LogP contribution is 2.56. The summed E-state index contributed by atoms with van der Waals surface area (Å²) in [7, 11) is 0. The van der Waals surface area contributed by atoms with E-state index in [1.165, 1.54) is 55.1 Å². The van der Waals surface area contributed by atoms with E-state index < -0.39 is 5.54 Å². The van der Waals surface area contributed by atoms with Crippen molar-refractivity contribution >= 4 is 43.8 Å². The van der Waals surface area contributed by atoms with Crippen LogP contribution in [0.2, 0.25) is 0 Å². The van der Waals surface area contributed by atoms with Gasteiger partial charge < -0.3 is 9.47 Å². The summed E-state index contributed by atoms with van der Waals surface area (Å²) in [4.78, 5) is 18.8. The first-order chi connectivity index (χ1) is 28.7. The minimum atomic E-state index is -0.473. The topological polar surface area (TPSA) is 46.8 Å². The molecule has 2 aromatic heterocycles. The van der Waals surface area contributed by atoms with Crippen molar-refractivity contribution in [3.63, 3.8) is 0 Å². The van der Waals surface area contributed by atoms with Crippen molar-refractivity contribution in [3.05, 3.63) is 175 Å². The van der Waals surface area contributed by atoms with E-state index in [2.05, 4.69) is 196 Å². The lowest BCUT2D eigenvalue weighted by Crippen LogP contribution is -2.39. The van der Waals surface area contributed by atoms with Gasteiger partial charge in [0.25, 0.3) is 0 Å². The molecular weight excluding hydrogens is 719 g/mol. The molecule has 1 aliphatic heterocycles. The SMILES string of the molecule is CC1C=CC2=C(C1)N(c1cccc3c1c1cc4ccccc4cc1n3C1(C)CC(C)CC=C1c1nc(-c3ccccc3)nc(C3C=CC=CC3C)n1)C1C=CC=CC21C. The van der Waals surface area contributed by atoms with Gasteiger partial charge in [0.1, 0.15) is 5.82 Å². The average Bonchev–Trinajstić information content (AvgIpc) is 3.71. The molecule has 0 bridgehead atoms. The van der Waals surface area contributed by atoms with Crippen molar-refractivity contribution in [3.8, 4) is 11.4 Å². The fourth-order valence-corrected chi connectivity index (χ4v) is 11.2. The van der Waals surface area contributed by atoms with Gasteiger partial charge in [-0.1, -0.05) is 148 Å². The third kappa shape index (κ3) is 5.54. The van der Waals surface area contributed by atoms with Gasteiger partial charge in [0.05, 0.1) is 28.3 Å². The Bertz CT molecular complexity index is 2920. The van der Waals surface area contributed by atoms with E-state index in [0.717, 1.165) is 42.3 Å². The first-order valence-electron chi connectivity index (χ1n) is 21.6. The minimum absolute atomic E-state index is 0.0621. The van der Waals surface area contributed by atoms with Gasteiger partial charge in [0.2, 0.25) is 0 Å². The summed E-state index contributed by atoms with van der Waals surface area (Å²) in [5, 5.41) is 5.09. The Labute approximate surface area is 347 Å². The van der Waals surface area contributed by atoms with Crippen molar-refractivity contribution in [1.82, 2.24) is 19.5 Å². The molecule has 5 heteroatoms. The third-order valence-corrected chi connectivity index (χ3v) is 14.1. The molecule has 0 amide bonds. The maximum atomic E-state index is 5.46. The average molecular weight is 770 g/mol. The van der Waals surface area contributed by atoms with Crippen molar-refractivity contribution in [2.75, 3.05) is 4.90 Å². The standard InChI is InChI=1S/C54H51N5/c1-34-25-27-42-47(30-34)58(48-24-13-14-29-53(42,48)4)44-22-15-23-45-49(44)41-31-38-19-10-11-20-39(38)32-46(41)59(45)54(5)33-35(2)26-28-43(54)52-56-50(37-17-7-6-8-18-37)55-51(57-52)40-21-12-9-16-36(40)3/h6-25,27-29,31-32,34-36,40,48H,26,30,33H2,1-5H3. The zero-order chi connectivity index (χ0) is 40.0. The Hall–Kier alpha value is -6.07. The number of rotatable bonds is 5. The van der Waals surface area contributed by atoms with Crippen LogP contribution < -0.4 is 4.90 Å². The molecule has 7 unspecified atom stereocenters. The fourth-order valence-electron chi connectivity index (χ4n) is 11.2. The van der Waals surface area contributed by atoms with Crippen LogP contribution in [0.5, 0.6) is 0 Å². The normalized spacial score (nSPS) is 28.5. The van der Waals surface area contributed by atoms with Gasteiger partial charge in [-0.15, -0.1) is 0 Å². The highest BCUT2D eigenvalue weighted by atomic mass is 15.2. The molecule has 59 heavy (non-hydrogen) atoms. The molecule has 0 spiro atoms. The maximum absolute atomic E-state index is 5.46. The lowest BCUT2D eigenvalue weighted by Gasteiger charge is -2.40. The molecule has 0 saturated heterocycles. The molecule has 0 fully saturated rings. The van der Waals surface area contributed by atoms with Gasteiger partial charge in [-0.3, -0.25) is 0 Å². The van der Waals surface area contributed by atoms with Crippen LogP contribution in [-0.2, 0) is 5.54 Å². The molecule has 0 radical (unpaired) electrons. The second kappa shape index (κ2) is 13.5. The van der Waals surface area contributed by atoms with E-state index in [9.17, 15) is 0 Å². The molecule has 4 aliphatic carbocycles. The summed E-state index contributed by atoms with van der Waals surface area (Å²) in [5.41, 5.74) is 8.25. The minimum Gasteiger partial charge on any atom is -0.336 e. The molecule has 3 heterocycles. The van der Waals surface area contributed by atoms with Crippen molar-refractivity contribution in [2.24, 2.45) is 23.2 Å². The van der Waals surface area contributed by atoms with Crippen LogP contribution in [0.25, 0.3) is 49.5 Å². The zero-order valence-corrected chi connectivity index (χ0v) is 34.7. The predicted molar refractivity (Wildman–Crippen MR) is 245 cm³/mol. The smallest absolute Gasteiger partial charge is 0.163 e. The fraction of sp³-hybridized carbons (Fsp3) is 0.278. The Morgan fingerprint density at radius 2 is 1.47 bits per heavy atom. The van der Waals surface area contributed by atoms with Crippen molar-refractivity contribution < 1.29 is 0 Å². The molecule has 292 valence electrons. The van der Waals surface area contributed by atoms with Crippen LogP contribution in [-0.4, -0.2) is 25.6 Å². The number of allylic oxidation sites excluding steroid dienone is 11. The van der Waals surface area contributed by atoms with Crippen molar-refractivity contribution in [2.45, 2.75) is 71.4 Å². The van der Waals surface area contributed by atoms with Crippen LogP contribution in [0.4, 0.5) is 5.69 Å². The molecule has 0 saturated carbocycles. The quantitative estimate of drug-likeness (QED) is 0.175. The van der Waals surface area contributed by atoms with Crippen molar-refractivity contribution in [1.29, 1.82) is 0 Å². The van der Waals surface area contributed by atoms with E-state index in [0.29, 0.717) is 11.8 Å². The number of anilines is 1. The molecule has 0 N–H and O–H groups in total. The van der Waals surface area contributed by atoms with Gasteiger partial charge in [0, 0.05) is 38.9 Å². The Morgan fingerprint density at radius 1 is 0.712 bits per heavy atom. The summed E-state index contributed by atoms with van der Waals surface area (Å²) in [6.07, 6.45) is 28.3. The summed E-state index contributed by atoms with van der Waals surface area (Å²) >= 11 is 0. The molecule has 5 nitrogen and oxygen atoms in total. The van der Waals surface area contributed by atoms with Crippen LogP contribution in [0, 0.1) is 23.2 Å². The zero-order valence-electron chi connectivity index (χ0n) is 34.7. The molecule has 4 aromatic carbocycles. The summed E-state index contributed by atoms with van der Waals surface area (Å²) < 4.78 is 2.68. The second-order valence-corrected chi connectivity index (χ2v) is 18.3. The molecule has 7 atom stereocenters. The molecule has 6 aromatic rings. The molecule has 11 rings (SSSR count). The number of fused-ring (bicyclic) bond motifs is 6. The highest BCUT2D eigenvalue weighted by molar-refractivity contribution is 6.18. The summed E-state index contributed by atoms with van der Waals surface area (Å²) in [6.45, 7) is 11.9. The second-order valence-electron chi connectivity index (χ2n) is 18.3. The Balaban J connectivity index is 1.18. The van der Waals surface area contributed by atoms with Crippen LogP contribution in [0.3, 0.4) is 0 Å². The maximum Gasteiger partial charge on any atom is 0.163 e. The number of hydrogen-bond acceptors (Lipinski definition) is 4. The van der Waals surface area contributed by atoms with E-state index in [1.807, 2.05) is 0 Å². The Morgan fingerprint density at radius 3 is 2.31 bits per heavy atom. The van der Waals surface area contributed by atoms with Gasteiger partial charge in [-0.25, -0.2) is 15.0 Å². The number of benzene rings is 4. The largest absolute Gasteiger partial charge is 0.336 e. The predicted octanol–water partition coefficient (Wildman–Crippen LogP) is 13.0. The number of nitrogens with zero attached hydrogens (tertiary/aromatic N) is 5. The molecular formula is C54H51N5. The number of aromatic nitrogens is 4. The van der Waals surface area contributed by atoms with Gasteiger partial charge >= 0.3 is 0 Å². The van der Waals surface area contributed by atoms with Crippen LogP contribution in [0.15, 0.2) is 163 Å². The third-order valence-electron chi connectivity index (χ3n) is 14.1. The van der Waals surface area contributed by atoms with Gasteiger partial charge in [-0.2, -0.15) is 0 Å². The van der Waals surface area contributed by atoms with E-state index in [4.69, 9.17) is 15.0 Å². The Kier molecular flexibility index (Phi) is 8.24. The van der Waals surface area contributed by atoms with E-state index in [1.54, 1.807) is 0 Å². The molecule has 5 aliphatic rings. The van der Waals surface area contributed by atoms with E-state index >= 15 is 0 Å². The lowest BCUT2D eigenvalue weighted by atomic mass is 9.73. The first-order valence-corrected chi connectivity index (χ1v) is 21.6. The monoisotopic (exact) mass is 769 g/mol. The van der Waals surface area contributed by atoms with Gasteiger partial charge in [-0.05, 0) is 91.5 Å².